The van der Waals surface area contributed by atoms with Gasteiger partial charge in [0, 0.05) is 11.5 Å². The molecule has 0 saturated heterocycles. The highest BCUT2D eigenvalue weighted by Crippen LogP contribution is 2.33. The molecule has 1 aromatic rings. The average Bonchev–Trinajstić information content (AvgIpc) is 2.89. The molecular formula is C16H20O3. The van der Waals surface area contributed by atoms with Crippen LogP contribution < -0.4 is 0 Å². The lowest BCUT2D eigenvalue weighted by atomic mass is 9.94. The Kier molecular flexibility index (Phi) is 4.35. The van der Waals surface area contributed by atoms with E-state index < -0.39 is 5.97 Å². The number of hydrogen-bond donors (Lipinski definition) is 1. The molecule has 0 heterocycles. The van der Waals surface area contributed by atoms with Gasteiger partial charge in [0.05, 0.1) is 5.92 Å². The third-order valence-corrected chi connectivity index (χ3v) is 3.93. The lowest BCUT2D eigenvalue weighted by Crippen LogP contribution is -2.14. The van der Waals surface area contributed by atoms with Gasteiger partial charge in [0.25, 0.3) is 0 Å². The summed E-state index contributed by atoms with van der Waals surface area (Å²) in [6, 6.07) is 7.75. The molecule has 102 valence electrons. The zero-order valence-electron chi connectivity index (χ0n) is 11.3. The van der Waals surface area contributed by atoms with Gasteiger partial charge in [-0.15, -0.1) is 0 Å². The molecule has 0 bridgehead atoms. The number of carbonyl (C=O) groups excluding carboxylic acids is 1. The number of hydrogen-bond acceptors (Lipinski definition) is 2. The lowest BCUT2D eigenvalue weighted by Gasteiger charge is -2.09. The molecule has 2 unspecified atom stereocenters. The van der Waals surface area contributed by atoms with Crippen molar-refractivity contribution in [3.05, 3.63) is 35.4 Å². The molecule has 0 radical (unpaired) electrons. The Morgan fingerprint density at radius 2 is 1.79 bits per heavy atom. The predicted octanol–water partition coefficient (Wildman–Crippen LogP) is 3.32. The average molecular weight is 260 g/mol. The van der Waals surface area contributed by atoms with Crippen LogP contribution in [0.3, 0.4) is 0 Å². The van der Waals surface area contributed by atoms with E-state index in [9.17, 15) is 9.59 Å². The summed E-state index contributed by atoms with van der Waals surface area (Å²) in [5, 5.41) is 8.97. The largest absolute Gasteiger partial charge is 0.481 e. The lowest BCUT2D eigenvalue weighted by molar-refractivity contribution is -0.141. The van der Waals surface area contributed by atoms with Gasteiger partial charge in [0.1, 0.15) is 0 Å². The van der Waals surface area contributed by atoms with Crippen molar-refractivity contribution in [3.63, 3.8) is 0 Å². The van der Waals surface area contributed by atoms with Crippen molar-refractivity contribution in [2.24, 2.45) is 11.8 Å². The molecule has 0 amide bonds. The SMILES string of the molecule is CCCc1ccc(C(=O)C2CCC(C(=O)O)C2)cc1. The van der Waals surface area contributed by atoms with Crippen LogP contribution in [0.15, 0.2) is 24.3 Å². The number of carbonyl (C=O) groups is 2. The topological polar surface area (TPSA) is 54.4 Å². The first kappa shape index (κ1) is 13.8. The summed E-state index contributed by atoms with van der Waals surface area (Å²) in [4.78, 5) is 23.2. The Labute approximate surface area is 113 Å². The number of carboxylic acid groups (broad SMARTS) is 1. The monoisotopic (exact) mass is 260 g/mol. The van der Waals surface area contributed by atoms with Gasteiger partial charge in [-0.2, -0.15) is 0 Å². The van der Waals surface area contributed by atoms with Crippen molar-refractivity contribution in [2.45, 2.75) is 39.0 Å². The van der Waals surface area contributed by atoms with Crippen LogP contribution in [0.1, 0.15) is 48.5 Å². The van der Waals surface area contributed by atoms with Crippen molar-refractivity contribution < 1.29 is 14.7 Å². The van der Waals surface area contributed by atoms with E-state index in [4.69, 9.17) is 5.11 Å². The normalized spacial score (nSPS) is 22.4. The Morgan fingerprint density at radius 1 is 1.16 bits per heavy atom. The summed E-state index contributed by atoms with van der Waals surface area (Å²) in [6.07, 6.45) is 3.94. The summed E-state index contributed by atoms with van der Waals surface area (Å²) >= 11 is 0. The first-order valence-corrected chi connectivity index (χ1v) is 6.97. The molecule has 2 atom stereocenters. The van der Waals surface area contributed by atoms with Crippen LogP contribution in [-0.2, 0) is 11.2 Å². The molecule has 0 aliphatic heterocycles. The number of carboxylic acids is 1. The molecule has 3 nitrogen and oxygen atoms in total. The fourth-order valence-corrected chi connectivity index (χ4v) is 2.80. The van der Waals surface area contributed by atoms with Crippen LogP contribution in [-0.4, -0.2) is 16.9 Å². The number of ketones is 1. The van der Waals surface area contributed by atoms with E-state index in [0.717, 1.165) is 18.4 Å². The Balaban J connectivity index is 2.02. The molecule has 1 aliphatic rings. The van der Waals surface area contributed by atoms with Gasteiger partial charge in [0.15, 0.2) is 5.78 Å². The van der Waals surface area contributed by atoms with E-state index in [1.54, 1.807) is 0 Å². The third-order valence-electron chi connectivity index (χ3n) is 3.93. The minimum atomic E-state index is -0.770. The third kappa shape index (κ3) is 3.22. The van der Waals surface area contributed by atoms with Crippen LogP contribution in [0.5, 0.6) is 0 Å². The maximum absolute atomic E-state index is 12.3. The predicted molar refractivity (Wildman–Crippen MR) is 73.2 cm³/mol. The maximum atomic E-state index is 12.3. The Morgan fingerprint density at radius 3 is 2.32 bits per heavy atom. The minimum absolute atomic E-state index is 0.104. The highest BCUT2D eigenvalue weighted by atomic mass is 16.4. The van der Waals surface area contributed by atoms with Crippen molar-refractivity contribution >= 4 is 11.8 Å². The van der Waals surface area contributed by atoms with E-state index in [1.165, 1.54) is 5.56 Å². The number of Topliss-reactive ketones (excluding diaryl/α,β-unsaturated/α-hetero) is 1. The highest BCUT2D eigenvalue weighted by molar-refractivity contribution is 5.98. The second-order valence-electron chi connectivity index (χ2n) is 5.36. The fraction of sp³-hybridized carbons (Fsp3) is 0.500. The molecule has 1 aromatic carbocycles. The molecule has 1 saturated carbocycles. The summed E-state index contributed by atoms with van der Waals surface area (Å²) < 4.78 is 0. The van der Waals surface area contributed by atoms with Gasteiger partial charge < -0.3 is 5.11 Å². The van der Waals surface area contributed by atoms with Crippen LogP contribution in [0, 0.1) is 11.8 Å². The Hall–Kier alpha value is -1.64. The fourth-order valence-electron chi connectivity index (χ4n) is 2.80. The first-order chi connectivity index (χ1) is 9.11. The van der Waals surface area contributed by atoms with Crippen LogP contribution in [0.4, 0.5) is 0 Å². The van der Waals surface area contributed by atoms with Crippen LogP contribution in [0.25, 0.3) is 0 Å². The maximum Gasteiger partial charge on any atom is 0.306 e. The van der Waals surface area contributed by atoms with Crippen molar-refractivity contribution in [2.75, 3.05) is 0 Å². The number of benzene rings is 1. The summed E-state index contributed by atoms with van der Waals surface area (Å²) in [5.74, 6) is -1.12. The molecule has 0 aromatic heterocycles. The van der Waals surface area contributed by atoms with E-state index in [0.29, 0.717) is 19.3 Å². The molecule has 19 heavy (non-hydrogen) atoms. The van der Waals surface area contributed by atoms with Gasteiger partial charge in [-0.05, 0) is 31.2 Å². The standard InChI is InChI=1S/C16H20O3/c1-2-3-11-4-6-12(7-5-11)15(17)13-8-9-14(10-13)16(18)19/h4-7,13-14H,2-3,8-10H2,1H3,(H,18,19). The molecule has 1 fully saturated rings. The second-order valence-corrected chi connectivity index (χ2v) is 5.36. The van der Waals surface area contributed by atoms with Gasteiger partial charge in [-0.25, -0.2) is 0 Å². The van der Waals surface area contributed by atoms with E-state index in [2.05, 4.69) is 6.92 Å². The molecular weight excluding hydrogens is 240 g/mol. The minimum Gasteiger partial charge on any atom is -0.481 e. The zero-order valence-corrected chi connectivity index (χ0v) is 11.3. The first-order valence-electron chi connectivity index (χ1n) is 6.97. The van der Waals surface area contributed by atoms with Crippen molar-refractivity contribution in [1.82, 2.24) is 0 Å². The van der Waals surface area contributed by atoms with Crippen LogP contribution in [0.2, 0.25) is 0 Å². The number of aryl methyl sites for hydroxylation is 1. The van der Waals surface area contributed by atoms with E-state index >= 15 is 0 Å². The zero-order chi connectivity index (χ0) is 13.8. The van der Waals surface area contributed by atoms with Crippen molar-refractivity contribution in [1.29, 1.82) is 0 Å². The highest BCUT2D eigenvalue weighted by Gasteiger charge is 2.34. The van der Waals surface area contributed by atoms with Gasteiger partial charge in [-0.1, -0.05) is 37.6 Å². The van der Waals surface area contributed by atoms with E-state index in [1.807, 2.05) is 24.3 Å². The second kappa shape index (κ2) is 6.00. The summed E-state index contributed by atoms with van der Waals surface area (Å²) in [7, 11) is 0. The molecule has 1 N–H and O–H groups in total. The summed E-state index contributed by atoms with van der Waals surface area (Å²) in [6.45, 7) is 2.13. The molecule has 3 heteroatoms. The number of aliphatic carboxylic acids is 1. The van der Waals surface area contributed by atoms with Crippen LogP contribution >= 0.6 is 0 Å². The number of rotatable bonds is 5. The summed E-state index contributed by atoms with van der Waals surface area (Å²) in [5.41, 5.74) is 1.96. The Bertz CT molecular complexity index is 461. The van der Waals surface area contributed by atoms with E-state index in [-0.39, 0.29) is 17.6 Å². The van der Waals surface area contributed by atoms with Gasteiger partial charge in [0.2, 0.25) is 0 Å². The molecule has 1 aliphatic carbocycles. The molecule has 2 rings (SSSR count). The smallest absolute Gasteiger partial charge is 0.306 e. The quantitative estimate of drug-likeness (QED) is 0.826. The molecule has 0 spiro atoms. The van der Waals surface area contributed by atoms with Crippen molar-refractivity contribution in [3.8, 4) is 0 Å². The van der Waals surface area contributed by atoms with Gasteiger partial charge >= 0.3 is 5.97 Å². The van der Waals surface area contributed by atoms with Gasteiger partial charge in [-0.3, -0.25) is 9.59 Å².